The molecule has 0 bridgehead atoms. The lowest BCUT2D eigenvalue weighted by atomic mass is 10.2. The van der Waals surface area contributed by atoms with E-state index in [9.17, 15) is 5.11 Å². The van der Waals surface area contributed by atoms with Crippen molar-refractivity contribution in [1.82, 2.24) is 9.97 Å². The Morgan fingerprint density at radius 3 is 2.73 bits per heavy atom. The van der Waals surface area contributed by atoms with Gasteiger partial charge in [0.05, 0.1) is 0 Å². The molecule has 2 N–H and O–H groups in total. The molecule has 1 aromatic heterocycles. The molecule has 0 saturated heterocycles. The van der Waals surface area contributed by atoms with Gasteiger partial charge in [-0.25, -0.2) is 4.98 Å². The van der Waals surface area contributed by atoms with E-state index in [1.54, 1.807) is 18.5 Å². The van der Waals surface area contributed by atoms with Crippen molar-refractivity contribution in [2.24, 2.45) is 0 Å². The lowest BCUT2D eigenvalue weighted by Crippen LogP contribution is -1.94. The van der Waals surface area contributed by atoms with Crippen LogP contribution in [0, 0.1) is 0 Å². The van der Waals surface area contributed by atoms with Crippen LogP contribution in [0.2, 0.25) is 0 Å². The van der Waals surface area contributed by atoms with Crippen molar-refractivity contribution < 1.29 is 5.11 Å². The fourth-order valence-corrected chi connectivity index (χ4v) is 1.30. The minimum absolute atomic E-state index is 0.558. The number of rotatable bonds is 3. The summed E-state index contributed by atoms with van der Waals surface area (Å²) < 4.78 is 0. The number of nitrogens with one attached hydrogen (secondary N) is 1. The summed E-state index contributed by atoms with van der Waals surface area (Å²) in [7, 11) is 0. The minimum Gasteiger partial charge on any atom is -0.381 e. The first kappa shape index (κ1) is 9.68. The molecule has 2 rings (SSSR count). The minimum atomic E-state index is -0.680. The van der Waals surface area contributed by atoms with Crippen molar-refractivity contribution in [3.63, 3.8) is 0 Å². The molecule has 0 aliphatic heterocycles. The van der Waals surface area contributed by atoms with E-state index in [2.05, 4.69) is 9.97 Å². The zero-order valence-electron chi connectivity index (χ0n) is 8.17. The first-order valence-corrected chi connectivity index (χ1v) is 4.77. The topological polar surface area (TPSA) is 48.9 Å². The van der Waals surface area contributed by atoms with E-state index in [0.29, 0.717) is 5.82 Å². The van der Waals surface area contributed by atoms with E-state index in [0.717, 1.165) is 5.56 Å². The van der Waals surface area contributed by atoms with Crippen molar-refractivity contribution in [3.8, 4) is 0 Å². The third kappa shape index (κ3) is 2.54. The monoisotopic (exact) mass is 200 g/mol. The molecule has 1 aromatic carbocycles. The Bertz CT molecular complexity index is 420. The van der Waals surface area contributed by atoms with E-state index in [4.69, 9.17) is 0 Å². The number of hydrogen-bond acceptors (Lipinski definition) is 2. The van der Waals surface area contributed by atoms with Crippen LogP contribution in [0.5, 0.6) is 0 Å². The maximum absolute atomic E-state index is 9.69. The highest BCUT2D eigenvalue weighted by atomic mass is 16.3. The summed E-state index contributed by atoms with van der Waals surface area (Å²) in [4.78, 5) is 6.83. The summed E-state index contributed by atoms with van der Waals surface area (Å²) in [5, 5.41) is 9.69. The second-order valence-corrected chi connectivity index (χ2v) is 3.19. The second kappa shape index (κ2) is 4.57. The quantitative estimate of drug-likeness (QED) is 0.797. The maximum atomic E-state index is 9.69. The van der Waals surface area contributed by atoms with E-state index < -0.39 is 6.10 Å². The summed E-state index contributed by atoms with van der Waals surface area (Å²) >= 11 is 0. The van der Waals surface area contributed by atoms with Crippen LogP contribution in [0.3, 0.4) is 0 Å². The van der Waals surface area contributed by atoms with Gasteiger partial charge < -0.3 is 10.1 Å². The van der Waals surface area contributed by atoms with Crippen LogP contribution in [-0.4, -0.2) is 15.1 Å². The van der Waals surface area contributed by atoms with Crippen LogP contribution in [0.4, 0.5) is 0 Å². The molecule has 0 fully saturated rings. The number of aliphatic hydroxyl groups excluding tert-OH is 1. The maximum Gasteiger partial charge on any atom is 0.139 e. The van der Waals surface area contributed by atoms with Gasteiger partial charge in [0.25, 0.3) is 0 Å². The van der Waals surface area contributed by atoms with Crippen LogP contribution >= 0.6 is 0 Å². The van der Waals surface area contributed by atoms with E-state index in [1.165, 1.54) is 0 Å². The molecule has 0 amide bonds. The molecule has 76 valence electrons. The molecule has 1 atom stereocenters. The summed E-state index contributed by atoms with van der Waals surface area (Å²) in [6, 6.07) is 9.83. The normalized spacial score (nSPS) is 13.1. The largest absolute Gasteiger partial charge is 0.381 e. The Morgan fingerprint density at radius 1 is 1.27 bits per heavy atom. The molecule has 0 spiro atoms. The number of aromatic amines is 1. The Balaban J connectivity index is 2.06. The Morgan fingerprint density at radius 2 is 2.07 bits per heavy atom. The summed E-state index contributed by atoms with van der Waals surface area (Å²) in [5.74, 6) is 0.558. The molecule has 0 aliphatic carbocycles. The first-order chi connectivity index (χ1) is 7.36. The third-order valence-corrected chi connectivity index (χ3v) is 2.07. The highest BCUT2D eigenvalue weighted by Crippen LogP contribution is 2.10. The Hall–Kier alpha value is -1.87. The van der Waals surface area contributed by atoms with E-state index in [1.807, 2.05) is 36.4 Å². The van der Waals surface area contributed by atoms with Gasteiger partial charge in [-0.1, -0.05) is 36.4 Å². The zero-order valence-corrected chi connectivity index (χ0v) is 8.17. The number of nitrogens with zero attached hydrogens (tertiary/aromatic N) is 1. The van der Waals surface area contributed by atoms with Gasteiger partial charge in [0.15, 0.2) is 0 Å². The molecular weight excluding hydrogens is 188 g/mol. The second-order valence-electron chi connectivity index (χ2n) is 3.19. The van der Waals surface area contributed by atoms with Crippen LogP contribution in [0.15, 0.2) is 48.8 Å². The van der Waals surface area contributed by atoms with Crippen molar-refractivity contribution in [2.45, 2.75) is 6.10 Å². The van der Waals surface area contributed by atoms with Gasteiger partial charge in [-0.2, -0.15) is 0 Å². The van der Waals surface area contributed by atoms with Gasteiger partial charge in [-0.3, -0.25) is 0 Å². The molecule has 2 aromatic rings. The van der Waals surface area contributed by atoms with Crippen LogP contribution in [0.25, 0.3) is 6.08 Å². The number of hydrogen-bond donors (Lipinski definition) is 2. The highest BCUT2D eigenvalue weighted by molar-refractivity contribution is 5.49. The molecule has 3 nitrogen and oxygen atoms in total. The van der Waals surface area contributed by atoms with Crippen molar-refractivity contribution in [3.05, 3.63) is 60.2 Å². The molecule has 0 aliphatic rings. The van der Waals surface area contributed by atoms with Crippen molar-refractivity contribution in [1.29, 1.82) is 0 Å². The number of aliphatic hydroxyl groups is 1. The van der Waals surface area contributed by atoms with Gasteiger partial charge in [0.2, 0.25) is 0 Å². The van der Waals surface area contributed by atoms with Crippen LogP contribution in [-0.2, 0) is 0 Å². The summed E-state index contributed by atoms with van der Waals surface area (Å²) in [5.41, 5.74) is 1.06. The van der Waals surface area contributed by atoms with Gasteiger partial charge in [-0.15, -0.1) is 0 Å². The van der Waals surface area contributed by atoms with Crippen LogP contribution in [0.1, 0.15) is 17.5 Å². The predicted molar refractivity (Wildman–Crippen MR) is 59.0 cm³/mol. The average Bonchev–Trinajstić information content (AvgIpc) is 2.81. The predicted octanol–water partition coefficient (Wildman–Crippen LogP) is 2.16. The Kier molecular flexibility index (Phi) is 2.95. The summed E-state index contributed by atoms with van der Waals surface area (Å²) in [6.45, 7) is 0. The van der Waals surface area contributed by atoms with E-state index in [-0.39, 0.29) is 0 Å². The fourth-order valence-electron chi connectivity index (χ4n) is 1.30. The highest BCUT2D eigenvalue weighted by Gasteiger charge is 2.03. The fraction of sp³-hybridized carbons (Fsp3) is 0.0833. The van der Waals surface area contributed by atoms with Crippen LogP contribution < -0.4 is 0 Å². The SMILES string of the molecule is OC(/C=C/c1ccccc1)c1ncc[nH]1. The standard InChI is InChI=1S/C12H12N2O/c15-11(12-13-8-9-14-12)7-6-10-4-2-1-3-5-10/h1-9,11,15H,(H,13,14)/b7-6+. The molecule has 3 heteroatoms. The molecule has 1 heterocycles. The number of imidazole rings is 1. The lowest BCUT2D eigenvalue weighted by molar-refractivity contribution is 0.220. The third-order valence-electron chi connectivity index (χ3n) is 2.07. The molecule has 0 saturated carbocycles. The molecule has 0 radical (unpaired) electrons. The Labute approximate surface area is 88.1 Å². The smallest absolute Gasteiger partial charge is 0.139 e. The molecule has 1 unspecified atom stereocenters. The van der Waals surface area contributed by atoms with E-state index >= 15 is 0 Å². The van der Waals surface area contributed by atoms with Gasteiger partial charge in [-0.05, 0) is 11.6 Å². The first-order valence-electron chi connectivity index (χ1n) is 4.77. The lowest BCUT2D eigenvalue weighted by Gasteiger charge is -2.00. The van der Waals surface area contributed by atoms with Crippen molar-refractivity contribution in [2.75, 3.05) is 0 Å². The van der Waals surface area contributed by atoms with Gasteiger partial charge in [0, 0.05) is 12.4 Å². The molecular formula is C12H12N2O. The zero-order chi connectivity index (χ0) is 10.5. The number of aromatic nitrogens is 2. The van der Waals surface area contributed by atoms with Gasteiger partial charge >= 0.3 is 0 Å². The van der Waals surface area contributed by atoms with Gasteiger partial charge in [0.1, 0.15) is 11.9 Å². The summed E-state index contributed by atoms with van der Waals surface area (Å²) in [6.07, 6.45) is 6.20. The number of H-pyrrole nitrogens is 1. The number of benzene rings is 1. The average molecular weight is 200 g/mol. The van der Waals surface area contributed by atoms with Crippen molar-refractivity contribution >= 4 is 6.08 Å². The molecule has 15 heavy (non-hydrogen) atoms.